The van der Waals surface area contributed by atoms with Crippen molar-refractivity contribution < 1.29 is 4.74 Å². The Bertz CT molecular complexity index is 437. The summed E-state index contributed by atoms with van der Waals surface area (Å²) in [6, 6.07) is 0.878. The molecule has 0 spiro atoms. The molecule has 1 aliphatic carbocycles. The first-order chi connectivity index (χ1) is 9.60. The van der Waals surface area contributed by atoms with E-state index in [4.69, 9.17) is 16.3 Å². The van der Waals surface area contributed by atoms with Gasteiger partial charge < -0.3 is 9.64 Å². The Kier molecular flexibility index (Phi) is 5.40. The van der Waals surface area contributed by atoms with E-state index in [0.717, 1.165) is 19.4 Å². The first-order valence-electron chi connectivity index (χ1n) is 7.41. The first-order valence-corrected chi connectivity index (χ1v) is 7.79. The quantitative estimate of drug-likeness (QED) is 0.737. The molecule has 20 heavy (non-hydrogen) atoms. The zero-order valence-electron chi connectivity index (χ0n) is 12.5. The van der Waals surface area contributed by atoms with Crippen LogP contribution >= 0.6 is 11.6 Å². The summed E-state index contributed by atoms with van der Waals surface area (Å²) in [5.41, 5.74) is 0. The van der Waals surface area contributed by atoms with E-state index in [1.165, 1.54) is 12.8 Å². The maximum atomic E-state index is 5.99. The predicted octanol–water partition coefficient (Wildman–Crippen LogP) is 3.33. The van der Waals surface area contributed by atoms with Gasteiger partial charge in [-0.1, -0.05) is 20.8 Å². The van der Waals surface area contributed by atoms with E-state index >= 15 is 0 Å². The summed E-state index contributed by atoms with van der Waals surface area (Å²) in [6.07, 6.45) is 4.43. The number of anilines is 1. The molecule has 0 radical (unpaired) electrons. The fraction of sp³-hybridized carbons (Fsp3) is 0.786. The standard InChI is InChI=1S/C14H23ClN4O/c1-4-9-20-14-17-12(15)16-13(18-14)19(11-5-6-11)8-7-10(2)3/h10-11H,4-9H2,1-3H3. The maximum absolute atomic E-state index is 5.99. The molecule has 1 fully saturated rings. The highest BCUT2D eigenvalue weighted by Gasteiger charge is 2.31. The van der Waals surface area contributed by atoms with Crippen LogP contribution in [0.4, 0.5) is 5.95 Å². The molecule has 1 aromatic rings. The third-order valence-corrected chi connectivity index (χ3v) is 3.37. The maximum Gasteiger partial charge on any atom is 0.322 e. The van der Waals surface area contributed by atoms with Gasteiger partial charge in [-0.15, -0.1) is 0 Å². The van der Waals surface area contributed by atoms with Crippen LogP contribution in [0.15, 0.2) is 0 Å². The molecule has 1 heterocycles. The number of aromatic nitrogens is 3. The van der Waals surface area contributed by atoms with Crippen LogP contribution in [-0.2, 0) is 0 Å². The van der Waals surface area contributed by atoms with Crippen LogP contribution in [0.2, 0.25) is 5.28 Å². The van der Waals surface area contributed by atoms with Gasteiger partial charge in [0.1, 0.15) is 0 Å². The van der Waals surface area contributed by atoms with Crippen molar-refractivity contribution in [1.82, 2.24) is 15.0 Å². The average Bonchev–Trinajstić information content (AvgIpc) is 3.20. The lowest BCUT2D eigenvalue weighted by Gasteiger charge is -2.23. The molecular weight excluding hydrogens is 276 g/mol. The van der Waals surface area contributed by atoms with Crippen molar-refractivity contribution in [3.8, 4) is 6.01 Å². The molecule has 0 unspecified atom stereocenters. The second-order valence-electron chi connectivity index (χ2n) is 5.64. The summed E-state index contributed by atoms with van der Waals surface area (Å²) in [7, 11) is 0. The van der Waals surface area contributed by atoms with Gasteiger partial charge in [0.2, 0.25) is 11.2 Å². The van der Waals surface area contributed by atoms with E-state index in [9.17, 15) is 0 Å². The summed E-state index contributed by atoms with van der Waals surface area (Å²) < 4.78 is 5.48. The minimum atomic E-state index is 0.205. The minimum absolute atomic E-state index is 0.205. The van der Waals surface area contributed by atoms with Gasteiger partial charge in [-0.25, -0.2) is 0 Å². The minimum Gasteiger partial charge on any atom is -0.463 e. The van der Waals surface area contributed by atoms with Crippen LogP contribution in [0.25, 0.3) is 0 Å². The van der Waals surface area contributed by atoms with Gasteiger partial charge in [0.15, 0.2) is 0 Å². The van der Waals surface area contributed by atoms with Crippen LogP contribution in [0.5, 0.6) is 6.01 Å². The lowest BCUT2D eigenvalue weighted by molar-refractivity contribution is 0.291. The Balaban J connectivity index is 2.12. The molecule has 2 rings (SSSR count). The van der Waals surface area contributed by atoms with E-state index < -0.39 is 0 Å². The van der Waals surface area contributed by atoms with Gasteiger partial charge in [0.25, 0.3) is 0 Å². The van der Waals surface area contributed by atoms with Crippen molar-refractivity contribution in [1.29, 1.82) is 0 Å². The number of nitrogens with zero attached hydrogens (tertiary/aromatic N) is 4. The van der Waals surface area contributed by atoms with Crippen molar-refractivity contribution in [2.24, 2.45) is 5.92 Å². The molecule has 5 nitrogen and oxygen atoms in total. The molecule has 0 aliphatic heterocycles. The van der Waals surface area contributed by atoms with E-state index in [-0.39, 0.29) is 5.28 Å². The Labute approximate surface area is 125 Å². The molecule has 0 N–H and O–H groups in total. The molecule has 112 valence electrons. The molecule has 6 heteroatoms. The molecule has 1 aliphatic rings. The molecule has 1 aromatic heterocycles. The molecule has 0 aromatic carbocycles. The second-order valence-corrected chi connectivity index (χ2v) is 5.98. The molecule has 0 amide bonds. The average molecular weight is 299 g/mol. The number of rotatable bonds is 8. The Morgan fingerprint density at radius 1 is 1.30 bits per heavy atom. The van der Waals surface area contributed by atoms with Gasteiger partial charge in [0, 0.05) is 12.6 Å². The fourth-order valence-electron chi connectivity index (χ4n) is 1.94. The van der Waals surface area contributed by atoms with Crippen molar-refractivity contribution in [3.05, 3.63) is 5.28 Å². The SMILES string of the molecule is CCCOc1nc(Cl)nc(N(CCC(C)C)C2CC2)n1. The number of ether oxygens (including phenoxy) is 1. The number of hydrogen-bond acceptors (Lipinski definition) is 5. The predicted molar refractivity (Wildman–Crippen MR) is 80.4 cm³/mol. The summed E-state index contributed by atoms with van der Waals surface area (Å²) in [5, 5.41) is 0.205. The normalized spacial score (nSPS) is 14.7. The summed E-state index contributed by atoms with van der Waals surface area (Å²) in [6.45, 7) is 8.04. The Morgan fingerprint density at radius 3 is 2.65 bits per heavy atom. The zero-order valence-corrected chi connectivity index (χ0v) is 13.2. The summed E-state index contributed by atoms with van der Waals surface area (Å²) in [5.74, 6) is 1.31. The third kappa shape index (κ3) is 4.47. The van der Waals surface area contributed by atoms with Crippen LogP contribution in [0, 0.1) is 5.92 Å². The van der Waals surface area contributed by atoms with Gasteiger partial charge in [-0.05, 0) is 43.2 Å². The summed E-state index contributed by atoms with van der Waals surface area (Å²) >= 11 is 5.99. The van der Waals surface area contributed by atoms with E-state index in [2.05, 4.69) is 33.7 Å². The zero-order chi connectivity index (χ0) is 14.5. The van der Waals surface area contributed by atoms with E-state index in [0.29, 0.717) is 30.5 Å². The highest BCUT2D eigenvalue weighted by Crippen LogP contribution is 2.31. The van der Waals surface area contributed by atoms with Crippen LogP contribution in [0.3, 0.4) is 0 Å². The topological polar surface area (TPSA) is 51.1 Å². The number of halogens is 1. The Hall–Kier alpha value is -1.10. The molecule has 1 saturated carbocycles. The smallest absolute Gasteiger partial charge is 0.322 e. The van der Waals surface area contributed by atoms with Crippen LogP contribution < -0.4 is 9.64 Å². The van der Waals surface area contributed by atoms with Crippen molar-refractivity contribution in [3.63, 3.8) is 0 Å². The van der Waals surface area contributed by atoms with Gasteiger partial charge >= 0.3 is 6.01 Å². The second kappa shape index (κ2) is 7.07. The number of hydrogen-bond donors (Lipinski definition) is 0. The van der Waals surface area contributed by atoms with Gasteiger partial charge in [0.05, 0.1) is 6.61 Å². The van der Waals surface area contributed by atoms with Crippen molar-refractivity contribution in [2.75, 3.05) is 18.1 Å². The first kappa shape index (κ1) is 15.3. The lowest BCUT2D eigenvalue weighted by atomic mass is 10.1. The van der Waals surface area contributed by atoms with Crippen molar-refractivity contribution in [2.45, 2.75) is 52.5 Å². The summed E-state index contributed by atoms with van der Waals surface area (Å²) in [4.78, 5) is 14.9. The molecular formula is C14H23ClN4O. The van der Waals surface area contributed by atoms with E-state index in [1.54, 1.807) is 0 Å². The van der Waals surface area contributed by atoms with Crippen LogP contribution in [0.1, 0.15) is 46.5 Å². The highest BCUT2D eigenvalue weighted by atomic mass is 35.5. The molecule has 0 saturated heterocycles. The van der Waals surface area contributed by atoms with Gasteiger partial charge in [-0.3, -0.25) is 0 Å². The van der Waals surface area contributed by atoms with Crippen LogP contribution in [-0.4, -0.2) is 34.1 Å². The van der Waals surface area contributed by atoms with Crippen molar-refractivity contribution >= 4 is 17.5 Å². The Morgan fingerprint density at radius 2 is 2.05 bits per heavy atom. The molecule has 0 bridgehead atoms. The fourth-order valence-corrected chi connectivity index (χ4v) is 2.09. The largest absolute Gasteiger partial charge is 0.463 e. The lowest BCUT2D eigenvalue weighted by Crippen LogP contribution is -2.30. The third-order valence-electron chi connectivity index (χ3n) is 3.20. The monoisotopic (exact) mass is 298 g/mol. The molecule has 0 atom stereocenters. The van der Waals surface area contributed by atoms with Gasteiger partial charge in [-0.2, -0.15) is 15.0 Å². The highest BCUT2D eigenvalue weighted by molar-refractivity contribution is 6.28. The van der Waals surface area contributed by atoms with E-state index in [1.807, 2.05) is 6.92 Å².